The van der Waals surface area contributed by atoms with E-state index in [0.717, 1.165) is 99.6 Å². The van der Waals surface area contributed by atoms with Crippen molar-refractivity contribution in [2.75, 3.05) is 50.3 Å². The lowest BCUT2D eigenvalue weighted by molar-refractivity contribution is 0.234. The first-order valence-corrected chi connectivity index (χ1v) is 60.3. The molecule has 11 nitrogen and oxygen atoms in total. The van der Waals surface area contributed by atoms with E-state index < -0.39 is 0 Å². The molecule has 0 aliphatic rings. The van der Waals surface area contributed by atoms with Gasteiger partial charge in [0.25, 0.3) is 0 Å². The minimum absolute atomic E-state index is 0.395. The zero-order valence-electron chi connectivity index (χ0n) is 90.5. The van der Waals surface area contributed by atoms with Crippen LogP contribution in [0.1, 0.15) is 625 Å². The Morgan fingerprint density at radius 2 is 0.333 bits per heavy atom. The van der Waals surface area contributed by atoms with Crippen LogP contribution in [0.2, 0.25) is 0 Å². The molecule has 1 radical (unpaired) electrons. The molecule has 0 saturated carbocycles. The van der Waals surface area contributed by atoms with Crippen molar-refractivity contribution in [3.8, 4) is 45.9 Å². The van der Waals surface area contributed by atoms with E-state index in [2.05, 4.69) is 95.5 Å². The highest BCUT2D eigenvalue weighted by Crippen LogP contribution is 2.45. The van der Waals surface area contributed by atoms with Crippen LogP contribution in [0.25, 0.3) is 11.4 Å². The summed E-state index contributed by atoms with van der Waals surface area (Å²) in [5, 5.41) is 7.47. The van der Waals surface area contributed by atoms with Crippen molar-refractivity contribution in [1.82, 2.24) is 15.0 Å². The van der Waals surface area contributed by atoms with E-state index in [-0.39, 0.29) is 0 Å². The van der Waals surface area contributed by atoms with Crippen LogP contribution in [0.15, 0.2) is 48.5 Å². The molecule has 4 aromatic rings. The van der Waals surface area contributed by atoms with Crippen molar-refractivity contribution in [3.05, 3.63) is 61.0 Å². The SMILES string of the molecule is [CH2]c1ccc(-c2nc(Nc3cc(OCCCCCCCCCCCCCCCCC)c(OCCCCCCCCCCCCCCCCC)c(OCCCCCCCCCCCCCCCCC)c3)nc(Nc3cc(OCCCCCCCCCCCCCCCCC)c(OCCCCCCCCCCCCCCCCC)c(OCCCCCCCCCCCCCCCCC)c3)n2)cc1. The Hall–Kier alpha value is -4.93. The van der Waals surface area contributed by atoms with Crippen molar-refractivity contribution in [2.24, 2.45) is 0 Å². The summed E-state index contributed by atoms with van der Waals surface area (Å²) in [5.41, 5.74) is 3.32. The average molecular weight is 1880 g/mol. The molecule has 0 saturated heterocycles. The van der Waals surface area contributed by atoms with Gasteiger partial charge in [0, 0.05) is 41.2 Å². The number of ether oxygens (including phenoxy) is 6. The molecule has 1 heterocycles. The third-order valence-corrected chi connectivity index (χ3v) is 28.4. The van der Waals surface area contributed by atoms with Crippen LogP contribution < -0.4 is 39.1 Å². The van der Waals surface area contributed by atoms with Crippen LogP contribution in [-0.4, -0.2) is 54.6 Å². The summed E-state index contributed by atoms with van der Waals surface area (Å²) in [6.45, 7) is 21.8. The smallest absolute Gasteiger partial charge is 0.232 e. The number of aromatic nitrogens is 3. The molecule has 0 aliphatic carbocycles. The fraction of sp³-hybridized carbons (Fsp3) is 0.823. The van der Waals surface area contributed by atoms with Crippen molar-refractivity contribution in [3.63, 3.8) is 0 Å². The second-order valence-electron chi connectivity index (χ2n) is 41.6. The molecular weight excluding hydrogens is 1660 g/mol. The summed E-state index contributed by atoms with van der Waals surface area (Å²) in [5.74, 6) is 5.54. The lowest BCUT2D eigenvalue weighted by Crippen LogP contribution is -2.09. The Bertz CT molecular complexity index is 2850. The highest BCUT2D eigenvalue weighted by molar-refractivity contribution is 5.70. The van der Waals surface area contributed by atoms with Gasteiger partial charge in [-0.15, -0.1) is 0 Å². The normalized spacial score (nSPS) is 11.5. The lowest BCUT2D eigenvalue weighted by atomic mass is 10.0. The van der Waals surface area contributed by atoms with E-state index >= 15 is 0 Å². The van der Waals surface area contributed by atoms with E-state index in [1.165, 1.54) is 501 Å². The zero-order chi connectivity index (χ0) is 95.8. The predicted octanol–water partition coefficient (Wildman–Crippen LogP) is 42.7. The predicted molar refractivity (Wildman–Crippen MR) is 592 cm³/mol. The maximum Gasteiger partial charge on any atom is 0.232 e. The molecule has 4 rings (SSSR count). The lowest BCUT2D eigenvalue weighted by Gasteiger charge is -2.20. The van der Waals surface area contributed by atoms with E-state index in [1.54, 1.807) is 0 Å². The maximum atomic E-state index is 7.02. The monoisotopic (exact) mass is 1880 g/mol. The van der Waals surface area contributed by atoms with Crippen molar-refractivity contribution in [2.45, 2.75) is 619 Å². The van der Waals surface area contributed by atoms with Crippen molar-refractivity contribution >= 4 is 23.3 Å². The molecule has 0 aliphatic heterocycles. The molecule has 3 aromatic carbocycles. The first kappa shape index (κ1) is 122. The van der Waals surface area contributed by atoms with Crippen LogP contribution in [-0.2, 0) is 0 Å². The van der Waals surface area contributed by atoms with Gasteiger partial charge in [-0.2, -0.15) is 15.0 Å². The van der Waals surface area contributed by atoms with Gasteiger partial charge in [-0.05, 0) is 51.0 Å². The highest BCUT2D eigenvalue weighted by Gasteiger charge is 2.22. The molecule has 0 amide bonds. The molecule has 11 heteroatoms. The van der Waals surface area contributed by atoms with Gasteiger partial charge < -0.3 is 39.1 Å². The fourth-order valence-corrected chi connectivity index (χ4v) is 19.5. The number of unbranched alkanes of at least 4 members (excludes halogenated alkanes) is 84. The number of nitrogens with zero attached hydrogens (tertiary/aromatic N) is 3. The molecule has 0 spiro atoms. The molecule has 779 valence electrons. The highest BCUT2D eigenvalue weighted by atomic mass is 16.5. The van der Waals surface area contributed by atoms with Crippen LogP contribution in [0, 0.1) is 6.92 Å². The van der Waals surface area contributed by atoms with Gasteiger partial charge in [0.2, 0.25) is 23.4 Å². The topological polar surface area (TPSA) is 118 Å². The van der Waals surface area contributed by atoms with Gasteiger partial charge in [-0.25, -0.2) is 0 Å². The molecule has 0 atom stereocenters. The molecule has 1 aromatic heterocycles. The van der Waals surface area contributed by atoms with Crippen LogP contribution >= 0.6 is 0 Å². The maximum absolute atomic E-state index is 7.02. The van der Waals surface area contributed by atoms with Gasteiger partial charge in [0.05, 0.1) is 39.6 Å². The summed E-state index contributed by atoms with van der Waals surface area (Å²) < 4.78 is 42.1. The summed E-state index contributed by atoms with van der Waals surface area (Å²) in [7, 11) is 0. The Morgan fingerprint density at radius 3 is 0.496 bits per heavy atom. The van der Waals surface area contributed by atoms with Crippen molar-refractivity contribution in [1.29, 1.82) is 0 Å². The third-order valence-electron chi connectivity index (χ3n) is 28.4. The van der Waals surface area contributed by atoms with E-state index in [0.29, 0.717) is 91.9 Å². The van der Waals surface area contributed by atoms with Crippen LogP contribution in [0.5, 0.6) is 34.5 Å². The van der Waals surface area contributed by atoms with Crippen molar-refractivity contribution < 1.29 is 28.4 Å². The Kier molecular flexibility index (Phi) is 86.4. The molecule has 135 heavy (non-hydrogen) atoms. The molecular formula is C124H222N5O6. The van der Waals surface area contributed by atoms with E-state index in [9.17, 15) is 0 Å². The van der Waals surface area contributed by atoms with E-state index in [1.807, 2.05) is 12.1 Å². The largest absolute Gasteiger partial charge is 0.489 e. The second-order valence-corrected chi connectivity index (χ2v) is 41.6. The van der Waals surface area contributed by atoms with Gasteiger partial charge in [0.1, 0.15) is 0 Å². The van der Waals surface area contributed by atoms with Gasteiger partial charge in [0.15, 0.2) is 28.8 Å². The van der Waals surface area contributed by atoms with Gasteiger partial charge in [-0.3, -0.25) is 0 Å². The first-order chi connectivity index (χ1) is 66.9. The quantitative estimate of drug-likeness (QED) is 0.0412. The number of hydrogen-bond acceptors (Lipinski definition) is 11. The molecule has 2 N–H and O–H groups in total. The zero-order valence-corrected chi connectivity index (χ0v) is 90.5. The standard InChI is InChI=1S/C124H222N5O6/c1-8-14-20-26-32-38-44-50-56-62-68-74-80-86-92-102-130-116-108-114(109-117(131-103-93-87-81-75-69-63-57-51-45-39-33-27-21-15-9-2)120(116)134-106-96-90-84-78-72-66-60-54-48-42-36-30-24-18-12-5)125-123-127-122(113-100-98-112(7)99-101-113)128-124(129-123)126-115-110-118(132-104-94-88-82-76-70-64-58-52-46-40-34-28-22-16-10-3)121(135-107-97-91-85-79-73-67-61-55-49-43-37-31-25-19-13-6)119(111-115)133-105-95-89-83-77-71-65-59-53-47-41-35-29-23-17-11-4/h98-101,108-111H,7-97,102-107H2,1-6H3,(H2,125,126,127,128,129). The van der Waals surface area contributed by atoms with Gasteiger partial charge in [-0.1, -0.05) is 605 Å². The summed E-state index contributed by atoms with van der Waals surface area (Å²) >= 11 is 0. The van der Waals surface area contributed by atoms with Crippen LogP contribution in [0.4, 0.5) is 23.3 Å². The molecule has 0 bridgehead atoms. The minimum Gasteiger partial charge on any atom is -0.489 e. The summed E-state index contributed by atoms with van der Waals surface area (Å²) in [6.07, 6.45) is 119. The van der Waals surface area contributed by atoms with Crippen LogP contribution in [0.3, 0.4) is 0 Å². The molecule has 0 fully saturated rings. The number of benzene rings is 3. The second kappa shape index (κ2) is 95.3. The summed E-state index contributed by atoms with van der Waals surface area (Å²) in [6, 6.07) is 16.6. The minimum atomic E-state index is 0.395. The average Bonchev–Trinajstić information content (AvgIpc) is 0.803. The van der Waals surface area contributed by atoms with E-state index in [4.69, 9.17) is 43.4 Å². The number of anilines is 4. The fourth-order valence-electron chi connectivity index (χ4n) is 19.5. The molecule has 0 unspecified atom stereocenters. The van der Waals surface area contributed by atoms with Gasteiger partial charge >= 0.3 is 0 Å². The Morgan fingerprint density at radius 1 is 0.185 bits per heavy atom. The Balaban J connectivity index is 1.69. The number of hydrogen-bond donors (Lipinski definition) is 2. The third kappa shape index (κ3) is 72.9. The number of rotatable bonds is 107. The first-order valence-electron chi connectivity index (χ1n) is 60.3. The Labute approximate surface area is 838 Å². The number of nitrogens with one attached hydrogen (secondary N) is 2. The summed E-state index contributed by atoms with van der Waals surface area (Å²) in [4.78, 5) is 15.8.